The molecule has 1 aromatic carbocycles. The van der Waals surface area contributed by atoms with E-state index in [4.69, 9.17) is 10.5 Å². The molecule has 0 bridgehead atoms. The van der Waals surface area contributed by atoms with Crippen molar-refractivity contribution in [2.24, 2.45) is 17.6 Å². The third kappa shape index (κ3) is 3.58. The van der Waals surface area contributed by atoms with Gasteiger partial charge in [0, 0.05) is 25.2 Å². The van der Waals surface area contributed by atoms with Crippen molar-refractivity contribution in [2.45, 2.75) is 31.9 Å². The molecule has 1 saturated heterocycles. The fraction of sp³-hybridized carbons (Fsp3) is 0.562. The Bertz CT molecular complexity index is 587. The van der Waals surface area contributed by atoms with E-state index >= 15 is 0 Å². The Morgan fingerprint density at radius 3 is 2.70 bits per heavy atom. The molecule has 0 spiro atoms. The molecule has 1 aromatic rings. The fourth-order valence-corrected chi connectivity index (χ4v) is 3.55. The summed E-state index contributed by atoms with van der Waals surface area (Å²) in [5.74, 6) is -1.05. The van der Waals surface area contributed by atoms with Crippen LogP contribution < -0.4 is 10.5 Å². The molecule has 1 saturated carbocycles. The van der Waals surface area contributed by atoms with Crippen molar-refractivity contribution >= 4 is 18.3 Å². The second-order valence-electron chi connectivity index (χ2n) is 6.24. The maximum atomic E-state index is 13.2. The predicted molar refractivity (Wildman–Crippen MR) is 84.5 cm³/mol. The van der Waals surface area contributed by atoms with Gasteiger partial charge in [0.2, 0.25) is 0 Å². The fourth-order valence-electron chi connectivity index (χ4n) is 3.55. The molecule has 2 aliphatic rings. The molecular formula is C16H21ClF2N2O2. The summed E-state index contributed by atoms with van der Waals surface area (Å²) in [6, 6.07) is 3.43. The lowest BCUT2D eigenvalue weighted by Crippen LogP contribution is -2.40. The van der Waals surface area contributed by atoms with Gasteiger partial charge in [-0.25, -0.2) is 8.78 Å². The zero-order valence-corrected chi connectivity index (χ0v) is 13.7. The molecule has 4 atom stereocenters. The molecule has 1 aliphatic heterocycles. The minimum absolute atomic E-state index is 0. The summed E-state index contributed by atoms with van der Waals surface area (Å²) in [5, 5.41) is 0. The maximum Gasteiger partial charge on any atom is 0.263 e. The molecule has 0 aromatic heterocycles. The van der Waals surface area contributed by atoms with Crippen LogP contribution in [0.4, 0.5) is 8.78 Å². The molecule has 128 valence electrons. The number of hydrogen-bond donors (Lipinski definition) is 1. The Balaban J connectivity index is 0.00000192. The van der Waals surface area contributed by atoms with E-state index in [1.165, 1.54) is 6.07 Å². The van der Waals surface area contributed by atoms with E-state index in [1.54, 1.807) is 11.8 Å². The number of amides is 1. The number of rotatable bonds is 3. The molecule has 2 fully saturated rings. The first-order chi connectivity index (χ1) is 10.5. The number of ether oxygens (including phenoxy) is 1. The summed E-state index contributed by atoms with van der Waals surface area (Å²) in [6.45, 7) is 3.00. The first-order valence-electron chi connectivity index (χ1n) is 7.62. The van der Waals surface area contributed by atoms with Gasteiger partial charge < -0.3 is 15.4 Å². The summed E-state index contributed by atoms with van der Waals surface area (Å²) < 4.78 is 31.5. The average molecular weight is 347 g/mol. The molecule has 7 heteroatoms. The minimum atomic E-state index is -0.987. The highest BCUT2D eigenvalue weighted by Gasteiger charge is 2.43. The van der Waals surface area contributed by atoms with E-state index in [9.17, 15) is 13.6 Å². The van der Waals surface area contributed by atoms with E-state index in [0.717, 1.165) is 25.0 Å². The van der Waals surface area contributed by atoms with Gasteiger partial charge in [-0.15, -0.1) is 12.4 Å². The van der Waals surface area contributed by atoms with E-state index < -0.39 is 17.7 Å². The van der Waals surface area contributed by atoms with Gasteiger partial charge in [0.25, 0.3) is 5.91 Å². The lowest BCUT2D eigenvalue weighted by Gasteiger charge is -2.23. The van der Waals surface area contributed by atoms with Gasteiger partial charge in [-0.2, -0.15) is 0 Å². The highest BCUT2D eigenvalue weighted by Crippen LogP contribution is 2.37. The van der Waals surface area contributed by atoms with E-state index in [0.29, 0.717) is 24.9 Å². The molecule has 1 aliphatic carbocycles. The summed E-state index contributed by atoms with van der Waals surface area (Å²) in [5.41, 5.74) is 6.07. The van der Waals surface area contributed by atoms with E-state index in [1.807, 2.05) is 0 Å². The summed E-state index contributed by atoms with van der Waals surface area (Å²) in [7, 11) is 0. The molecule has 3 rings (SSSR count). The number of likely N-dealkylation sites (tertiary alicyclic amines) is 1. The van der Waals surface area contributed by atoms with Crippen molar-refractivity contribution in [3.05, 3.63) is 29.8 Å². The van der Waals surface area contributed by atoms with Crippen LogP contribution in [0.15, 0.2) is 18.2 Å². The molecule has 1 amide bonds. The summed E-state index contributed by atoms with van der Waals surface area (Å²) in [4.78, 5) is 14.2. The number of halogens is 3. The van der Waals surface area contributed by atoms with Crippen LogP contribution in [0.25, 0.3) is 0 Å². The number of carbonyl (C=O) groups is 1. The van der Waals surface area contributed by atoms with Crippen molar-refractivity contribution in [3.8, 4) is 5.75 Å². The summed E-state index contributed by atoms with van der Waals surface area (Å²) in [6.07, 6.45) is 1.35. The van der Waals surface area contributed by atoms with Crippen molar-refractivity contribution in [2.75, 3.05) is 13.1 Å². The standard InChI is InChI=1S/C16H20F2N2O2.ClH/c1-9(22-11-3-4-13(17)14(18)6-11)16(21)20-7-10-2-5-15(19)12(10)8-20;/h3-4,6,9-10,12,15H,2,5,7-8,19H2,1H3;1H. The van der Waals surface area contributed by atoms with Gasteiger partial charge >= 0.3 is 0 Å². The van der Waals surface area contributed by atoms with E-state index in [2.05, 4.69) is 0 Å². The third-order valence-electron chi connectivity index (χ3n) is 4.78. The Morgan fingerprint density at radius 2 is 2.04 bits per heavy atom. The average Bonchev–Trinajstić information content (AvgIpc) is 3.05. The molecule has 4 unspecified atom stereocenters. The maximum absolute atomic E-state index is 13.2. The third-order valence-corrected chi connectivity index (χ3v) is 4.78. The number of hydrogen-bond acceptors (Lipinski definition) is 3. The molecule has 1 heterocycles. The van der Waals surface area contributed by atoms with Crippen LogP contribution in [-0.2, 0) is 4.79 Å². The topological polar surface area (TPSA) is 55.6 Å². The Hall–Kier alpha value is -1.40. The SMILES string of the molecule is CC(Oc1ccc(F)c(F)c1)C(=O)N1CC2CCC(N)C2C1.Cl. The smallest absolute Gasteiger partial charge is 0.263 e. The van der Waals surface area contributed by atoms with Gasteiger partial charge in [0.1, 0.15) is 5.75 Å². The molecule has 4 nitrogen and oxygen atoms in total. The number of nitrogens with zero attached hydrogens (tertiary/aromatic N) is 1. The zero-order chi connectivity index (χ0) is 15.9. The van der Waals surface area contributed by atoms with Gasteiger partial charge in [-0.1, -0.05) is 0 Å². The van der Waals surface area contributed by atoms with Crippen LogP contribution >= 0.6 is 12.4 Å². The second-order valence-corrected chi connectivity index (χ2v) is 6.24. The lowest BCUT2D eigenvalue weighted by atomic mass is 9.98. The van der Waals surface area contributed by atoms with Crippen LogP contribution in [0.3, 0.4) is 0 Å². The first-order valence-corrected chi connectivity index (χ1v) is 7.62. The van der Waals surface area contributed by atoms with Crippen molar-refractivity contribution in [1.29, 1.82) is 0 Å². The second kappa shape index (κ2) is 7.01. The van der Waals surface area contributed by atoms with Crippen molar-refractivity contribution in [3.63, 3.8) is 0 Å². The van der Waals surface area contributed by atoms with Gasteiger partial charge in [-0.3, -0.25) is 4.79 Å². The molecule has 2 N–H and O–H groups in total. The van der Waals surface area contributed by atoms with Gasteiger partial charge in [0.05, 0.1) is 0 Å². The minimum Gasteiger partial charge on any atom is -0.481 e. The Labute approximate surface area is 140 Å². The highest BCUT2D eigenvalue weighted by atomic mass is 35.5. The Morgan fingerprint density at radius 1 is 1.30 bits per heavy atom. The van der Waals surface area contributed by atoms with Gasteiger partial charge in [0.15, 0.2) is 17.7 Å². The van der Waals surface area contributed by atoms with Crippen LogP contribution in [0.2, 0.25) is 0 Å². The first kappa shape index (κ1) is 17.9. The lowest BCUT2D eigenvalue weighted by molar-refractivity contribution is -0.137. The Kier molecular flexibility index (Phi) is 5.47. The normalized spacial score (nSPS) is 27.3. The zero-order valence-electron chi connectivity index (χ0n) is 12.9. The number of benzene rings is 1. The number of carbonyl (C=O) groups excluding carboxylic acids is 1. The number of nitrogens with two attached hydrogens (primary N) is 1. The quantitative estimate of drug-likeness (QED) is 0.914. The number of fused-ring (bicyclic) bond motifs is 1. The van der Waals surface area contributed by atoms with Crippen LogP contribution in [0, 0.1) is 23.5 Å². The van der Waals surface area contributed by atoms with Crippen LogP contribution in [0.1, 0.15) is 19.8 Å². The summed E-state index contributed by atoms with van der Waals surface area (Å²) >= 11 is 0. The van der Waals surface area contributed by atoms with Crippen LogP contribution in [-0.4, -0.2) is 36.0 Å². The molecular weight excluding hydrogens is 326 g/mol. The molecule has 0 radical (unpaired) electrons. The monoisotopic (exact) mass is 346 g/mol. The van der Waals surface area contributed by atoms with Crippen LogP contribution in [0.5, 0.6) is 5.75 Å². The van der Waals surface area contributed by atoms with Crippen molar-refractivity contribution in [1.82, 2.24) is 4.90 Å². The largest absolute Gasteiger partial charge is 0.481 e. The predicted octanol–water partition coefficient (Wildman–Crippen LogP) is 2.35. The van der Waals surface area contributed by atoms with Crippen molar-refractivity contribution < 1.29 is 18.3 Å². The molecule has 23 heavy (non-hydrogen) atoms. The highest BCUT2D eigenvalue weighted by molar-refractivity contribution is 5.85. The van der Waals surface area contributed by atoms with E-state index in [-0.39, 0.29) is 30.1 Å². The van der Waals surface area contributed by atoms with Gasteiger partial charge in [-0.05, 0) is 43.7 Å².